The zero-order chi connectivity index (χ0) is 18.2. The second-order valence-electron chi connectivity index (χ2n) is 6.27. The maximum atomic E-state index is 12.2. The van der Waals surface area contributed by atoms with Crippen LogP contribution in [0.1, 0.15) is 35.2 Å². The molecule has 0 aliphatic carbocycles. The first kappa shape index (κ1) is 18.5. The van der Waals surface area contributed by atoms with Crippen molar-refractivity contribution in [2.45, 2.75) is 29.9 Å². The number of pyridine rings is 1. The van der Waals surface area contributed by atoms with Crippen molar-refractivity contribution in [2.75, 3.05) is 19.6 Å². The first-order valence-corrected chi connectivity index (χ1v) is 9.89. The Bertz CT molecular complexity index is 728. The number of hydrogen-bond donors (Lipinski definition) is 1. The van der Waals surface area contributed by atoms with Crippen LogP contribution >= 0.6 is 11.8 Å². The van der Waals surface area contributed by atoms with Crippen molar-refractivity contribution in [2.24, 2.45) is 0 Å². The molecule has 5 nitrogen and oxygen atoms in total. The fourth-order valence-corrected chi connectivity index (χ4v) is 3.70. The molecule has 1 aromatic carbocycles. The largest absolute Gasteiger partial charge is 0.352 e. The Morgan fingerprint density at radius 2 is 1.88 bits per heavy atom. The summed E-state index contributed by atoms with van der Waals surface area (Å²) in [5, 5.41) is 2.83. The van der Waals surface area contributed by atoms with Gasteiger partial charge in [-0.15, -0.1) is 11.8 Å². The Balaban J connectivity index is 1.42. The maximum absolute atomic E-state index is 12.2. The Morgan fingerprint density at radius 1 is 1.12 bits per heavy atom. The predicted octanol–water partition coefficient (Wildman–Crippen LogP) is 3.12. The Hall–Kier alpha value is -2.34. The molecule has 0 unspecified atom stereocenters. The van der Waals surface area contributed by atoms with Crippen LogP contribution in [0.3, 0.4) is 0 Å². The van der Waals surface area contributed by atoms with Crippen LogP contribution in [0.5, 0.6) is 0 Å². The van der Waals surface area contributed by atoms with E-state index < -0.39 is 0 Å². The summed E-state index contributed by atoms with van der Waals surface area (Å²) in [5.41, 5.74) is 1.78. The summed E-state index contributed by atoms with van der Waals surface area (Å²) < 4.78 is 0. The van der Waals surface area contributed by atoms with Crippen molar-refractivity contribution in [3.8, 4) is 0 Å². The number of aromatic nitrogens is 1. The molecule has 0 bridgehead atoms. The summed E-state index contributed by atoms with van der Waals surface area (Å²) in [5.74, 6) is 0.839. The van der Waals surface area contributed by atoms with Gasteiger partial charge < -0.3 is 10.2 Å². The highest BCUT2D eigenvalue weighted by molar-refractivity contribution is 7.98. The van der Waals surface area contributed by atoms with E-state index in [0.29, 0.717) is 18.5 Å². The third-order valence-electron chi connectivity index (χ3n) is 4.33. The lowest BCUT2D eigenvalue weighted by Crippen LogP contribution is -2.32. The van der Waals surface area contributed by atoms with Crippen LogP contribution < -0.4 is 5.32 Å². The van der Waals surface area contributed by atoms with E-state index in [0.717, 1.165) is 36.6 Å². The van der Waals surface area contributed by atoms with Crippen LogP contribution in [0.4, 0.5) is 0 Å². The van der Waals surface area contributed by atoms with Crippen molar-refractivity contribution < 1.29 is 9.59 Å². The third kappa shape index (κ3) is 5.33. The average Bonchev–Trinajstić information content (AvgIpc) is 3.22. The first-order chi connectivity index (χ1) is 12.7. The minimum Gasteiger partial charge on any atom is -0.352 e. The molecular weight excluding hydrogens is 346 g/mol. The molecule has 2 aromatic rings. The molecule has 0 atom stereocenters. The molecule has 1 fully saturated rings. The van der Waals surface area contributed by atoms with Gasteiger partial charge in [0.2, 0.25) is 5.91 Å². The van der Waals surface area contributed by atoms with Crippen molar-refractivity contribution >= 4 is 23.6 Å². The first-order valence-electron chi connectivity index (χ1n) is 8.90. The van der Waals surface area contributed by atoms with Crippen molar-refractivity contribution in [3.05, 3.63) is 59.9 Å². The van der Waals surface area contributed by atoms with Gasteiger partial charge in [-0.1, -0.05) is 6.07 Å². The molecule has 1 aliphatic heterocycles. The Kier molecular flexibility index (Phi) is 6.66. The minimum absolute atomic E-state index is 0.130. The van der Waals surface area contributed by atoms with Crippen molar-refractivity contribution in [3.63, 3.8) is 0 Å². The molecule has 136 valence electrons. The fraction of sp³-hybridized carbons (Fsp3) is 0.350. The standard InChI is InChI=1S/C20H23N3O2S/c24-19(23-12-1-2-13-23)9-11-22-20(25)17-5-7-18(8-6-17)26-15-16-4-3-10-21-14-16/h3-8,10,14H,1-2,9,11-13,15H2,(H,22,25). The monoisotopic (exact) mass is 369 g/mol. The highest BCUT2D eigenvalue weighted by Crippen LogP contribution is 2.22. The number of benzene rings is 1. The molecular formula is C20H23N3O2S. The molecule has 1 saturated heterocycles. The molecule has 2 amide bonds. The van der Waals surface area contributed by atoms with E-state index in [1.165, 1.54) is 5.56 Å². The molecule has 1 N–H and O–H groups in total. The van der Waals surface area contributed by atoms with Gasteiger partial charge in [0.05, 0.1) is 0 Å². The van der Waals surface area contributed by atoms with Gasteiger partial charge in [-0.2, -0.15) is 0 Å². The lowest BCUT2D eigenvalue weighted by Gasteiger charge is -2.15. The summed E-state index contributed by atoms with van der Waals surface area (Å²) in [6.45, 7) is 2.08. The van der Waals surface area contributed by atoms with Gasteiger partial charge in [0.1, 0.15) is 0 Å². The van der Waals surface area contributed by atoms with Crippen molar-refractivity contribution in [1.29, 1.82) is 0 Å². The fourth-order valence-electron chi connectivity index (χ4n) is 2.86. The van der Waals surface area contributed by atoms with E-state index in [1.807, 2.05) is 47.5 Å². The summed E-state index contributed by atoms with van der Waals surface area (Å²) in [7, 11) is 0. The number of carbonyl (C=O) groups excluding carboxylic acids is 2. The number of nitrogens with zero attached hydrogens (tertiary/aromatic N) is 2. The van der Waals surface area contributed by atoms with Gasteiger partial charge in [0.25, 0.3) is 5.91 Å². The normalized spacial score (nSPS) is 13.6. The topological polar surface area (TPSA) is 62.3 Å². The van der Waals surface area contributed by atoms with Crippen LogP contribution in [-0.2, 0) is 10.5 Å². The summed E-state index contributed by atoms with van der Waals surface area (Å²) in [6.07, 6.45) is 6.16. The number of nitrogens with one attached hydrogen (secondary N) is 1. The number of likely N-dealkylation sites (tertiary alicyclic amines) is 1. The van der Waals surface area contributed by atoms with Gasteiger partial charge >= 0.3 is 0 Å². The van der Waals surface area contributed by atoms with Crippen LogP contribution in [0.2, 0.25) is 0 Å². The number of hydrogen-bond acceptors (Lipinski definition) is 4. The zero-order valence-corrected chi connectivity index (χ0v) is 15.5. The predicted molar refractivity (Wildman–Crippen MR) is 103 cm³/mol. The lowest BCUT2D eigenvalue weighted by atomic mass is 10.2. The molecule has 0 spiro atoms. The lowest BCUT2D eigenvalue weighted by molar-refractivity contribution is -0.129. The van der Waals surface area contributed by atoms with Crippen LogP contribution in [0.25, 0.3) is 0 Å². The highest BCUT2D eigenvalue weighted by Gasteiger charge is 2.17. The van der Waals surface area contributed by atoms with Crippen LogP contribution in [-0.4, -0.2) is 41.3 Å². The second kappa shape index (κ2) is 9.38. The highest BCUT2D eigenvalue weighted by atomic mass is 32.2. The van der Waals surface area contributed by atoms with Gasteiger partial charge in [-0.25, -0.2) is 0 Å². The summed E-state index contributed by atoms with van der Waals surface area (Å²) >= 11 is 1.71. The van der Waals surface area contributed by atoms with Gasteiger partial charge in [0.15, 0.2) is 0 Å². The smallest absolute Gasteiger partial charge is 0.251 e. The Morgan fingerprint density at radius 3 is 2.58 bits per heavy atom. The molecule has 1 aliphatic rings. The summed E-state index contributed by atoms with van der Waals surface area (Å²) in [6, 6.07) is 11.5. The number of rotatable bonds is 7. The number of carbonyl (C=O) groups is 2. The van der Waals surface area contributed by atoms with E-state index in [2.05, 4.69) is 10.3 Å². The summed E-state index contributed by atoms with van der Waals surface area (Å²) in [4.78, 5) is 31.2. The minimum atomic E-state index is -0.136. The second-order valence-corrected chi connectivity index (χ2v) is 7.32. The number of amides is 2. The van der Waals surface area contributed by atoms with Crippen molar-refractivity contribution in [1.82, 2.24) is 15.2 Å². The molecule has 3 rings (SSSR count). The van der Waals surface area contributed by atoms with Gasteiger partial charge in [0, 0.05) is 54.7 Å². The van der Waals surface area contributed by atoms with E-state index in [4.69, 9.17) is 0 Å². The SMILES string of the molecule is O=C(NCCC(=O)N1CCCC1)c1ccc(SCc2cccnc2)cc1. The van der Waals surface area contributed by atoms with E-state index in [-0.39, 0.29) is 11.8 Å². The van der Waals surface area contributed by atoms with Gasteiger partial charge in [-0.3, -0.25) is 14.6 Å². The van der Waals surface area contributed by atoms with Gasteiger partial charge in [-0.05, 0) is 48.7 Å². The molecule has 6 heteroatoms. The van der Waals surface area contributed by atoms with E-state index >= 15 is 0 Å². The average molecular weight is 369 g/mol. The third-order valence-corrected chi connectivity index (χ3v) is 5.41. The van der Waals surface area contributed by atoms with E-state index in [1.54, 1.807) is 18.0 Å². The maximum Gasteiger partial charge on any atom is 0.251 e. The quantitative estimate of drug-likeness (QED) is 0.762. The molecule has 0 radical (unpaired) electrons. The van der Waals surface area contributed by atoms with E-state index in [9.17, 15) is 9.59 Å². The molecule has 0 saturated carbocycles. The number of thioether (sulfide) groups is 1. The van der Waals surface area contributed by atoms with Crippen LogP contribution in [0, 0.1) is 0 Å². The van der Waals surface area contributed by atoms with Crippen LogP contribution in [0.15, 0.2) is 53.7 Å². The molecule has 26 heavy (non-hydrogen) atoms. The molecule has 2 heterocycles. The Labute approximate surface area is 158 Å². The zero-order valence-electron chi connectivity index (χ0n) is 14.7. The molecule has 1 aromatic heterocycles.